The molecular weight excluding hydrogens is 322 g/mol. The van der Waals surface area contributed by atoms with Crippen molar-refractivity contribution in [1.82, 2.24) is 29.5 Å². The van der Waals surface area contributed by atoms with Gasteiger partial charge in [0.25, 0.3) is 0 Å². The van der Waals surface area contributed by atoms with E-state index in [1.54, 1.807) is 16.8 Å². The fraction of sp³-hybridized carbons (Fsp3) is 0.286. The Kier molecular flexibility index (Phi) is 4.37. The molecule has 0 aliphatic heterocycles. The lowest BCUT2D eigenvalue weighted by molar-refractivity contribution is 0.0678. The van der Waals surface area contributed by atoms with Crippen molar-refractivity contribution in [2.75, 3.05) is 0 Å². The predicted octanol–water partition coefficient (Wildman–Crippen LogP) is 3.16. The van der Waals surface area contributed by atoms with Crippen molar-refractivity contribution in [2.24, 2.45) is 0 Å². The number of aryl methyl sites for hydroxylation is 2. The van der Waals surface area contributed by atoms with E-state index in [-0.39, 0.29) is 0 Å². The first-order valence-corrected chi connectivity index (χ1v) is 7.83. The minimum absolute atomic E-state index is 0.297. The molecular formula is C14H14F2N6S. The molecule has 0 bridgehead atoms. The minimum atomic E-state index is -2.59. The molecule has 120 valence electrons. The number of hydrogen-bond acceptors (Lipinski definition) is 5. The summed E-state index contributed by atoms with van der Waals surface area (Å²) in [5.74, 6) is 1.22. The second-order valence-corrected chi connectivity index (χ2v) is 5.88. The zero-order valence-corrected chi connectivity index (χ0v) is 13.3. The van der Waals surface area contributed by atoms with E-state index in [1.165, 1.54) is 24.2 Å². The molecule has 0 aliphatic carbocycles. The fourth-order valence-corrected chi connectivity index (χ4v) is 2.90. The van der Waals surface area contributed by atoms with Gasteiger partial charge >= 0.3 is 6.55 Å². The maximum atomic E-state index is 12.7. The molecule has 0 unspecified atom stereocenters. The van der Waals surface area contributed by atoms with Crippen LogP contribution >= 0.6 is 11.8 Å². The standard InChI is InChI=1S/C14H14F2N6S/c1-9-7-10(2)22(20-9)11-3-4-13(19-18-11)23-8-12-17-5-6-21(12)14(15)16/h3-7,14H,8H2,1-2H3. The Morgan fingerprint density at radius 3 is 2.65 bits per heavy atom. The third kappa shape index (κ3) is 3.39. The summed E-state index contributed by atoms with van der Waals surface area (Å²) in [5, 5.41) is 13.2. The van der Waals surface area contributed by atoms with E-state index in [4.69, 9.17) is 0 Å². The van der Waals surface area contributed by atoms with Crippen LogP contribution in [0, 0.1) is 13.8 Å². The molecule has 3 aromatic heterocycles. The van der Waals surface area contributed by atoms with Gasteiger partial charge in [0.2, 0.25) is 0 Å². The van der Waals surface area contributed by atoms with Gasteiger partial charge < -0.3 is 0 Å². The van der Waals surface area contributed by atoms with Crippen LogP contribution in [0.2, 0.25) is 0 Å². The molecule has 3 heterocycles. The number of aromatic nitrogens is 6. The SMILES string of the molecule is Cc1cc(C)n(-c2ccc(SCc3nccn3C(F)F)nn2)n1. The first kappa shape index (κ1) is 15.6. The highest BCUT2D eigenvalue weighted by Gasteiger charge is 2.12. The molecule has 3 aromatic rings. The molecule has 0 saturated carbocycles. The minimum Gasteiger partial charge on any atom is -0.277 e. The van der Waals surface area contributed by atoms with Gasteiger partial charge in [-0.25, -0.2) is 9.67 Å². The molecule has 0 saturated heterocycles. The van der Waals surface area contributed by atoms with Crippen LogP contribution in [0.5, 0.6) is 0 Å². The van der Waals surface area contributed by atoms with Crippen molar-refractivity contribution in [3.8, 4) is 5.82 Å². The molecule has 0 aliphatic rings. The molecule has 0 N–H and O–H groups in total. The van der Waals surface area contributed by atoms with Gasteiger partial charge in [-0.3, -0.25) is 4.57 Å². The first-order chi connectivity index (χ1) is 11.0. The molecule has 0 amide bonds. The molecule has 0 fully saturated rings. The molecule has 0 spiro atoms. The zero-order chi connectivity index (χ0) is 16.4. The highest BCUT2D eigenvalue weighted by molar-refractivity contribution is 7.98. The number of halogens is 2. The average Bonchev–Trinajstić information content (AvgIpc) is 3.12. The van der Waals surface area contributed by atoms with Gasteiger partial charge in [0, 0.05) is 18.1 Å². The highest BCUT2D eigenvalue weighted by atomic mass is 32.2. The number of alkyl halides is 2. The Hall–Kier alpha value is -2.29. The van der Waals surface area contributed by atoms with Gasteiger partial charge in [-0.05, 0) is 32.0 Å². The van der Waals surface area contributed by atoms with Gasteiger partial charge in [0.15, 0.2) is 5.82 Å². The van der Waals surface area contributed by atoms with Gasteiger partial charge in [-0.1, -0.05) is 11.8 Å². The maximum Gasteiger partial charge on any atom is 0.319 e. The monoisotopic (exact) mass is 336 g/mol. The molecule has 3 rings (SSSR count). The Labute approximate surface area is 135 Å². The van der Waals surface area contributed by atoms with Crippen LogP contribution < -0.4 is 0 Å². The van der Waals surface area contributed by atoms with Crippen LogP contribution in [-0.2, 0) is 5.75 Å². The van der Waals surface area contributed by atoms with E-state index >= 15 is 0 Å². The molecule has 0 radical (unpaired) electrons. The third-order valence-electron chi connectivity index (χ3n) is 3.16. The molecule has 6 nitrogen and oxygen atoms in total. The van der Waals surface area contributed by atoms with Crippen LogP contribution in [0.15, 0.2) is 35.6 Å². The van der Waals surface area contributed by atoms with Crippen molar-refractivity contribution in [1.29, 1.82) is 0 Å². The van der Waals surface area contributed by atoms with E-state index in [0.717, 1.165) is 16.0 Å². The second kappa shape index (κ2) is 6.45. The summed E-state index contributed by atoms with van der Waals surface area (Å²) in [6.07, 6.45) is 2.62. The summed E-state index contributed by atoms with van der Waals surface area (Å²) in [6.45, 7) is 1.26. The van der Waals surface area contributed by atoms with Crippen molar-refractivity contribution < 1.29 is 8.78 Å². The fourth-order valence-electron chi connectivity index (χ4n) is 2.14. The summed E-state index contributed by atoms with van der Waals surface area (Å²) in [4.78, 5) is 3.93. The quantitative estimate of drug-likeness (QED) is 0.670. The van der Waals surface area contributed by atoms with Gasteiger partial charge in [0.05, 0.1) is 11.4 Å². The maximum absolute atomic E-state index is 12.7. The molecule has 0 atom stereocenters. The predicted molar refractivity (Wildman–Crippen MR) is 81.7 cm³/mol. The van der Waals surface area contributed by atoms with Crippen LogP contribution in [0.1, 0.15) is 23.8 Å². The van der Waals surface area contributed by atoms with E-state index in [0.29, 0.717) is 22.4 Å². The molecule has 0 aromatic carbocycles. The number of imidazole rings is 1. The van der Waals surface area contributed by atoms with Crippen molar-refractivity contribution >= 4 is 11.8 Å². The van der Waals surface area contributed by atoms with Crippen molar-refractivity contribution in [3.05, 3.63) is 47.8 Å². The lowest BCUT2D eigenvalue weighted by Crippen LogP contribution is -2.04. The average molecular weight is 336 g/mol. The van der Waals surface area contributed by atoms with Crippen LogP contribution in [-0.4, -0.2) is 29.5 Å². The lowest BCUT2D eigenvalue weighted by atomic mass is 10.4. The van der Waals surface area contributed by atoms with E-state index in [2.05, 4.69) is 20.3 Å². The third-order valence-corrected chi connectivity index (χ3v) is 4.08. The summed E-state index contributed by atoms with van der Waals surface area (Å²) in [7, 11) is 0. The van der Waals surface area contributed by atoms with E-state index < -0.39 is 6.55 Å². The van der Waals surface area contributed by atoms with E-state index in [1.807, 2.05) is 19.9 Å². The summed E-state index contributed by atoms with van der Waals surface area (Å²) >= 11 is 1.30. The first-order valence-electron chi connectivity index (χ1n) is 6.84. The number of thioether (sulfide) groups is 1. The summed E-state index contributed by atoms with van der Waals surface area (Å²) in [6, 6.07) is 5.54. The molecule has 9 heteroatoms. The van der Waals surface area contributed by atoms with Crippen molar-refractivity contribution in [3.63, 3.8) is 0 Å². The van der Waals surface area contributed by atoms with Gasteiger partial charge in [0.1, 0.15) is 10.9 Å². The Morgan fingerprint density at radius 1 is 1.22 bits per heavy atom. The second-order valence-electron chi connectivity index (χ2n) is 4.89. The largest absolute Gasteiger partial charge is 0.319 e. The smallest absolute Gasteiger partial charge is 0.277 e. The highest BCUT2D eigenvalue weighted by Crippen LogP contribution is 2.22. The lowest BCUT2D eigenvalue weighted by Gasteiger charge is -2.06. The van der Waals surface area contributed by atoms with Gasteiger partial charge in [-0.15, -0.1) is 10.2 Å². The summed E-state index contributed by atoms with van der Waals surface area (Å²) < 4.78 is 28.0. The summed E-state index contributed by atoms with van der Waals surface area (Å²) in [5.41, 5.74) is 1.87. The zero-order valence-electron chi connectivity index (χ0n) is 12.5. The van der Waals surface area contributed by atoms with Crippen LogP contribution in [0.3, 0.4) is 0 Å². The van der Waals surface area contributed by atoms with E-state index in [9.17, 15) is 8.78 Å². The van der Waals surface area contributed by atoms with Crippen LogP contribution in [0.25, 0.3) is 5.82 Å². The Balaban J connectivity index is 1.70. The number of rotatable bonds is 5. The van der Waals surface area contributed by atoms with Crippen LogP contribution in [0.4, 0.5) is 8.78 Å². The van der Waals surface area contributed by atoms with Crippen molar-refractivity contribution in [2.45, 2.75) is 31.2 Å². The Morgan fingerprint density at radius 2 is 2.04 bits per heavy atom. The topological polar surface area (TPSA) is 61.4 Å². The number of nitrogens with zero attached hydrogens (tertiary/aromatic N) is 6. The molecule has 23 heavy (non-hydrogen) atoms. The Bertz CT molecular complexity index is 796. The number of hydrogen-bond donors (Lipinski definition) is 0. The van der Waals surface area contributed by atoms with Gasteiger partial charge in [-0.2, -0.15) is 13.9 Å². The normalized spacial score (nSPS) is 11.3.